The average Bonchev–Trinajstić information content (AvgIpc) is 3.18. The number of H-pyrrole nitrogens is 2. The minimum absolute atomic E-state index is 0.0599. The number of hydrogen-bond donors (Lipinski definition) is 3. The van der Waals surface area contributed by atoms with Crippen LogP contribution < -0.4 is 10.9 Å². The fraction of sp³-hybridized carbons (Fsp3) is 0.235. The van der Waals surface area contributed by atoms with Gasteiger partial charge in [-0.1, -0.05) is 18.2 Å². The second-order valence-electron chi connectivity index (χ2n) is 5.66. The highest BCUT2D eigenvalue weighted by Gasteiger charge is 2.25. The minimum atomic E-state index is -0.906. The predicted molar refractivity (Wildman–Crippen MR) is 91.3 cm³/mol. The van der Waals surface area contributed by atoms with Gasteiger partial charge in [-0.25, -0.2) is 4.79 Å². The van der Waals surface area contributed by atoms with Crippen LogP contribution in [0.15, 0.2) is 41.5 Å². The lowest BCUT2D eigenvalue weighted by Crippen LogP contribution is -2.44. The summed E-state index contributed by atoms with van der Waals surface area (Å²) >= 11 is 0. The van der Waals surface area contributed by atoms with E-state index in [1.165, 1.54) is 25.0 Å². The molecule has 0 radical (unpaired) electrons. The van der Waals surface area contributed by atoms with Gasteiger partial charge in [0.1, 0.15) is 11.6 Å². The number of aromatic nitrogens is 3. The normalized spacial score (nSPS) is 12.1. The highest BCUT2D eigenvalue weighted by molar-refractivity contribution is 5.96. The lowest BCUT2D eigenvalue weighted by atomic mass is 10.0. The Morgan fingerprint density at radius 2 is 2.04 bits per heavy atom. The number of para-hydroxylation sites is 1. The van der Waals surface area contributed by atoms with Crippen LogP contribution in [0.2, 0.25) is 0 Å². The van der Waals surface area contributed by atoms with Gasteiger partial charge in [-0.15, -0.1) is 0 Å². The van der Waals surface area contributed by atoms with Crippen molar-refractivity contribution in [1.82, 2.24) is 20.1 Å². The molecule has 0 aliphatic carbocycles. The Bertz CT molecular complexity index is 982. The van der Waals surface area contributed by atoms with E-state index in [2.05, 4.69) is 15.4 Å². The standard InChI is InChI=1S/C17H18N4O4/c1-21-16(23)12(9-19-21)15(22)20-14(17(24)25-2)7-10-8-18-13-6-4-3-5-11(10)13/h3-6,8-9,14,18-19H,7H2,1-2H3,(H,20,22)/t14-/m0/s1. The number of carbonyl (C=O) groups is 2. The van der Waals surface area contributed by atoms with Crippen molar-refractivity contribution in [2.75, 3.05) is 7.11 Å². The molecule has 3 N–H and O–H groups in total. The van der Waals surface area contributed by atoms with Gasteiger partial charge in [0.25, 0.3) is 11.5 Å². The van der Waals surface area contributed by atoms with Gasteiger partial charge in [-0.2, -0.15) is 0 Å². The van der Waals surface area contributed by atoms with Gasteiger partial charge in [-0.05, 0) is 11.6 Å². The summed E-state index contributed by atoms with van der Waals surface area (Å²) in [5.74, 6) is -1.21. The second-order valence-corrected chi connectivity index (χ2v) is 5.66. The van der Waals surface area contributed by atoms with E-state index in [0.29, 0.717) is 0 Å². The zero-order valence-electron chi connectivity index (χ0n) is 13.8. The summed E-state index contributed by atoms with van der Waals surface area (Å²) in [4.78, 5) is 39.4. The number of fused-ring (bicyclic) bond motifs is 1. The molecule has 1 atom stereocenters. The molecule has 0 aliphatic rings. The minimum Gasteiger partial charge on any atom is -0.467 e. The second kappa shape index (κ2) is 6.68. The van der Waals surface area contributed by atoms with Crippen LogP contribution in [0.1, 0.15) is 15.9 Å². The molecular weight excluding hydrogens is 324 g/mol. The Morgan fingerprint density at radius 3 is 2.72 bits per heavy atom. The molecule has 0 aliphatic heterocycles. The van der Waals surface area contributed by atoms with Crippen LogP contribution in [0, 0.1) is 0 Å². The van der Waals surface area contributed by atoms with Crippen molar-refractivity contribution in [3.05, 3.63) is 58.1 Å². The fourth-order valence-electron chi connectivity index (χ4n) is 2.72. The maximum absolute atomic E-state index is 12.3. The number of amides is 1. The van der Waals surface area contributed by atoms with Crippen molar-refractivity contribution in [2.24, 2.45) is 7.05 Å². The molecule has 3 aromatic rings. The van der Waals surface area contributed by atoms with Crippen LogP contribution in [0.3, 0.4) is 0 Å². The molecule has 0 fully saturated rings. The summed E-state index contributed by atoms with van der Waals surface area (Å²) in [5, 5.41) is 6.17. The molecule has 1 amide bonds. The quantitative estimate of drug-likeness (QED) is 0.593. The van der Waals surface area contributed by atoms with E-state index in [9.17, 15) is 14.4 Å². The number of ether oxygens (including phenoxy) is 1. The Hall–Kier alpha value is -3.29. The number of rotatable bonds is 5. The third kappa shape index (κ3) is 3.18. The topological polar surface area (TPSA) is 109 Å². The van der Waals surface area contributed by atoms with Crippen LogP contribution in [0.5, 0.6) is 0 Å². The molecule has 2 aromatic heterocycles. The molecule has 8 heteroatoms. The molecule has 3 rings (SSSR count). The van der Waals surface area contributed by atoms with Crippen molar-refractivity contribution < 1.29 is 14.3 Å². The van der Waals surface area contributed by atoms with E-state index in [4.69, 9.17) is 4.74 Å². The summed E-state index contributed by atoms with van der Waals surface area (Å²) in [7, 11) is 2.76. The van der Waals surface area contributed by atoms with E-state index in [0.717, 1.165) is 16.5 Å². The number of hydrogen-bond acceptors (Lipinski definition) is 4. The molecule has 0 saturated carbocycles. The first kappa shape index (κ1) is 16.6. The monoisotopic (exact) mass is 342 g/mol. The molecule has 2 heterocycles. The number of aromatic amines is 2. The number of esters is 1. The number of benzene rings is 1. The number of aryl methyl sites for hydroxylation is 1. The summed E-state index contributed by atoms with van der Waals surface area (Å²) in [5.41, 5.74) is 1.28. The van der Waals surface area contributed by atoms with E-state index >= 15 is 0 Å². The van der Waals surface area contributed by atoms with Gasteiger partial charge in [-0.3, -0.25) is 14.3 Å². The lowest BCUT2D eigenvalue weighted by molar-refractivity contribution is -0.142. The largest absolute Gasteiger partial charge is 0.467 e. The van der Waals surface area contributed by atoms with E-state index in [1.54, 1.807) is 6.20 Å². The van der Waals surface area contributed by atoms with E-state index < -0.39 is 23.5 Å². The summed E-state index contributed by atoms with van der Waals surface area (Å²) < 4.78 is 5.97. The number of methoxy groups -OCH3 is 1. The van der Waals surface area contributed by atoms with Crippen molar-refractivity contribution in [3.8, 4) is 0 Å². The molecule has 0 spiro atoms. The Kier molecular flexibility index (Phi) is 4.42. The van der Waals surface area contributed by atoms with Gasteiger partial charge >= 0.3 is 5.97 Å². The summed E-state index contributed by atoms with van der Waals surface area (Å²) in [6.45, 7) is 0. The first-order chi connectivity index (χ1) is 12.0. The Balaban J connectivity index is 1.85. The summed E-state index contributed by atoms with van der Waals surface area (Å²) in [6.07, 6.45) is 3.34. The zero-order valence-corrected chi connectivity index (χ0v) is 13.8. The first-order valence-electron chi connectivity index (χ1n) is 7.69. The molecule has 0 bridgehead atoms. The Morgan fingerprint density at radius 1 is 1.28 bits per heavy atom. The number of nitrogens with one attached hydrogen (secondary N) is 3. The Labute approximate surface area is 142 Å². The van der Waals surface area contributed by atoms with Gasteiger partial charge in [0, 0.05) is 36.8 Å². The van der Waals surface area contributed by atoms with E-state index in [-0.39, 0.29) is 12.0 Å². The van der Waals surface area contributed by atoms with E-state index in [1.807, 2.05) is 24.3 Å². The molecule has 0 saturated heterocycles. The van der Waals surface area contributed by atoms with Crippen molar-refractivity contribution in [1.29, 1.82) is 0 Å². The zero-order chi connectivity index (χ0) is 18.0. The fourth-order valence-corrected chi connectivity index (χ4v) is 2.72. The van der Waals surface area contributed by atoms with Gasteiger partial charge in [0.05, 0.1) is 7.11 Å². The molecule has 25 heavy (non-hydrogen) atoms. The maximum atomic E-state index is 12.3. The first-order valence-corrected chi connectivity index (χ1v) is 7.69. The van der Waals surface area contributed by atoms with Crippen LogP contribution in [0.4, 0.5) is 0 Å². The van der Waals surface area contributed by atoms with Gasteiger partial charge in [0.15, 0.2) is 0 Å². The smallest absolute Gasteiger partial charge is 0.328 e. The van der Waals surface area contributed by atoms with Gasteiger partial charge < -0.3 is 20.1 Å². The number of nitrogens with zero attached hydrogens (tertiary/aromatic N) is 1. The van der Waals surface area contributed by atoms with Gasteiger partial charge in [0.2, 0.25) is 0 Å². The molecule has 0 unspecified atom stereocenters. The highest BCUT2D eigenvalue weighted by atomic mass is 16.5. The molecular formula is C17H18N4O4. The third-order valence-electron chi connectivity index (χ3n) is 4.07. The third-order valence-corrected chi connectivity index (χ3v) is 4.07. The van der Waals surface area contributed by atoms with Crippen LogP contribution in [-0.4, -0.2) is 39.8 Å². The SMILES string of the molecule is COC(=O)[C@H](Cc1c[nH]c2ccccc12)NC(=O)c1c[nH]n(C)c1=O. The average molecular weight is 342 g/mol. The van der Waals surface area contributed by atoms with Crippen LogP contribution in [-0.2, 0) is 23.0 Å². The molecule has 130 valence electrons. The van der Waals surface area contributed by atoms with Crippen molar-refractivity contribution in [3.63, 3.8) is 0 Å². The highest BCUT2D eigenvalue weighted by Crippen LogP contribution is 2.19. The predicted octanol–water partition coefficient (Wildman–Crippen LogP) is 0.709. The van der Waals surface area contributed by atoms with Crippen molar-refractivity contribution in [2.45, 2.75) is 12.5 Å². The maximum Gasteiger partial charge on any atom is 0.328 e. The lowest BCUT2D eigenvalue weighted by Gasteiger charge is -2.15. The van der Waals surface area contributed by atoms with Crippen LogP contribution in [0.25, 0.3) is 10.9 Å². The molecule has 8 nitrogen and oxygen atoms in total. The van der Waals surface area contributed by atoms with Crippen molar-refractivity contribution >= 4 is 22.8 Å². The summed E-state index contributed by atoms with van der Waals surface area (Å²) in [6, 6.07) is 6.75. The number of carbonyl (C=O) groups excluding carboxylic acids is 2. The molecule has 1 aromatic carbocycles. The van der Waals surface area contributed by atoms with Crippen LogP contribution >= 0.6 is 0 Å².